The maximum atomic E-state index is 6.96. The predicted molar refractivity (Wildman–Crippen MR) is 578 cm³/mol. The zero-order valence-corrected chi connectivity index (χ0v) is 82.6. The quantitative estimate of drug-likeness (QED) is 0.0887. The van der Waals surface area contributed by atoms with E-state index in [1.54, 1.807) is 0 Å². The van der Waals surface area contributed by atoms with Crippen LogP contribution >= 0.6 is 15.9 Å². The average molecular weight is 1860 g/mol. The molecule has 0 N–H and O–H groups in total. The van der Waals surface area contributed by atoms with Crippen LogP contribution in [0, 0.1) is 55.4 Å². The molecule has 0 saturated heterocycles. The number of hydrogen-bond acceptors (Lipinski definition) is 8. The molecule has 6 aliphatic rings. The molecule has 0 fully saturated rings. The molecule has 18 aromatic carbocycles. The first-order valence-corrected chi connectivity index (χ1v) is 49.0. The lowest BCUT2D eigenvalue weighted by atomic mass is 9.34. The summed E-state index contributed by atoms with van der Waals surface area (Å²) in [5, 5.41) is 0. The van der Waals surface area contributed by atoms with E-state index in [2.05, 4.69) is 492 Å². The lowest BCUT2D eigenvalue weighted by Crippen LogP contribution is -2.57. The number of nitrogens with zero attached hydrogens (tertiary/aromatic N) is 4. The molecule has 0 aromatic heterocycles. The Morgan fingerprint density at radius 2 is 0.442 bits per heavy atom. The Balaban J connectivity index is 0.000000155. The zero-order chi connectivity index (χ0) is 94.9. The molecule has 0 amide bonds. The second-order valence-electron chi connectivity index (χ2n) is 40.8. The van der Waals surface area contributed by atoms with Crippen molar-refractivity contribution in [3.63, 3.8) is 0 Å². The molecule has 0 radical (unpaired) electrons. The number of hydrogen-bond donors (Lipinski definition) is 0. The van der Waals surface area contributed by atoms with Crippen molar-refractivity contribution < 1.29 is 18.9 Å². The lowest BCUT2D eigenvalue weighted by Gasteiger charge is -2.35. The summed E-state index contributed by atoms with van der Waals surface area (Å²) < 4.78 is 28.1. The van der Waals surface area contributed by atoms with Crippen molar-refractivity contribution in [2.24, 2.45) is 0 Å². The smallest absolute Gasteiger partial charge is 0.260 e. The van der Waals surface area contributed by atoms with E-state index in [9.17, 15) is 0 Å². The molecule has 674 valence electrons. The number of benzene rings is 18. The van der Waals surface area contributed by atoms with Crippen LogP contribution in [0.5, 0.6) is 46.0 Å². The first-order chi connectivity index (χ1) is 66.5. The average Bonchev–Trinajstić information content (AvgIpc) is 1.49. The van der Waals surface area contributed by atoms with Gasteiger partial charge in [-0.05, 0) is 378 Å². The number of ether oxygens (including phenoxy) is 4. The van der Waals surface area contributed by atoms with Gasteiger partial charge in [0, 0.05) is 95.4 Å². The molecule has 2 aliphatic heterocycles. The summed E-state index contributed by atoms with van der Waals surface area (Å²) in [6.45, 7) is 35.9. The van der Waals surface area contributed by atoms with Gasteiger partial charge in [-0.25, -0.2) is 0 Å². The third-order valence-corrected chi connectivity index (χ3v) is 30.8. The van der Waals surface area contributed by atoms with Crippen molar-refractivity contribution in [2.45, 2.75) is 132 Å². The molecule has 0 unspecified atom stereocenters. The molecule has 10 heteroatoms. The Bertz CT molecular complexity index is 7320. The molecule has 0 saturated carbocycles. The van der Waals surface area contributed by atoms with Crippen LogP contribution in [0.25, 0.3) is 44.5 Å². The van der Waals surface area contributed by atoms with E-state index in [1.807, 2.05) is 18.2 Å². The molecule has 18 aromatic rings. The fourth-order valence-corrected chi connectivity index (χ4v) is 22.7. The molecular formula is C128H108BBrN4O4. The van der Waals surface area contributed by atoms with Crippen LogP contribution < -0.4 is 54.9 Å². The maximum Gasteiger partial charge on any atom is 0.260 e. The zero-order valence-electron chi connectivity index (χ0n) is 81.0. The van der Waals surface area contributed by atoms with Gasteiger partial charge in [0.1, 0.15) is 50.5 Å². The van der Waals surface area contributed by atoms with Crippen molar-refractivity contribution in [3.8, 4) is 90.5 Å². The lowest BCUT2D eigenvalue weighted by molar-refractivity contribution is 0.454. The summed E-state index contributed by atoms with van der Waals surface area (Å²) in [7, 11) is 0. The van der Waals surface area contributed by atoms with E-state index in [4.69, 9.17) is 18.9 Å². The number of halogens is 1. The molecule has 4 aliphatic carbocycles. The van der Waals surface area contributed by atoms with Crippen LogP contribution in [0.4, 0.5) is 68.2 Å². The minimum Gasteiger partial charge on any atom is -0.458 e. The van der Waals surface area contributed by atoms with Gasteiger partial charge in [0.05, 0.1) is 0 Å². The summed E-state index contributed by atoms with van der Waals surface area (Å²) in [6.07, 6.45) is 0. The highest BCUT2D eigenvalue weighted by Gasteiger charge is 2.48. The summed E-state index contributed by atoms with van der Waals surface area (Å²) >= 11 is 3.88. The van der Waals surface area contributed by atoms with Gasteiger partial charge in [0.2, 0.25) is 0 Å². The van der Waals surface area contributed by atoms with Crippen LogP contribution in [0.1, 0.15) is 144 Å². The van der Waals surface area contributed by atoms with E-state index < -0.39 is 0 Å². The normalized spacial score (nSPS) is 14.0. The number of fused-ring (bicyclic) bond motifs is 16. The molecule has 0 spiro atoms. The Kier molecular flexibility index (Phi) is 20.9. The SMILES string of the molecule is Cc1ccc(N(c2ccc(C)cc2)c2ccc3c(c2)C(C)(C)c2cc4c(cc2-3)Oc2cccc3c2B4c2cc4c(cc2O3)-c2ccc(N(c3ccc(C)cc3)c3ccc(C)cc3)cc2C4(C)C)cc1.Cc1ccc(N(c2ccc(C)cc2)c2ccc3c(c2)C(C)(C)c2ccc(Oc4cccc(Oc5ccc6c(c5)-c5ccc(N(c7ccc(C)cc7)c7ccc(C)cc7)cc5C6(C)C)c4Br)cc2-3)cc1. The van der Waals surface area contributed by atoms with E-state index in [1.165, 1.54) is 144 Å². The van der Waals surface area contributed by atoms with Crippen LogP contribution in [0.2, 0.25) is 0 Å². The van der Waals surface area contributed by atoms with Gasteiger partial charge in [-0.3, -0.25) is 0 Å². The Morgan fingerprint density at radius 1 is 0.217 bits per heavy atom. The molecule has 0 bridgehead atoms. The number of anilines is 12. The standard InChI is InChI=1S/C64H53BN2O2.C64H55BrN2O2/c1-38-12-20-42(21-13-38)66(43-22-14-39(2)15-23-43)46-28-30-48-50-34-60-56(36-54(50)63(5,6)52(48)32-46)65-57-37-55-51(35-61(57)69-59-11-9-10-58(68-60)62(59)65)49-31-29-47(33-53(49)64(55,7)8)67(44-24-16-40(3)17-25-44)45-26-18-41(4)19-27-45;1-40-12-20-44(21-13-40)66(45-22-14-41(2)15-23-45)48-28-32-52-54-38-50(30-34-56(54)63(5,6)58(52)36-48)68-60-10-9-11-61(62(60)65)69-51-31-35-57-55(39-51)53-33-29-49(37-59(53)64(57,7)8)67(46-24-16-42(3)17-25-46)47-26-18-43(4)19-27-47/h9-37H,1-8H3;9-39H,1-8H3. The second kappa shape index (κ2) is 33.1. The molecule has 24 rings (SSSR count). The Hall–Kier alpha value is -15.1. The van der Waals surface area contributed by atoms with Gasteiger partial charge in [0.15, 0.2) is 0 Å². The van der Waals surface area contributed by atoms with Crippen LogP contribution in [-0.4, -0.2) is 6.71 Å². The van der Waals surface area contributed by atoms with Crippen molar-refractivity contribution in [3.05, 3.63) is 457 Å². The van der Waals surface area contributed by atoms with Gasteiger partial charge in [-0.1, -0.05) is 258 Å². The van der Waals surface area contributed by atoms with E-state index in [-0.39, 0.29) is 28.4 Å². The highest BCUT2D eigenvalue weighted by Crippen LogP contribution is 2.59. The minimum absolute atomic E-state index is 0.0680. The fourth-order valence-electron chi connectivity index (χ4n) is 22.2. The fraction of sp³-hybridized carbons (Fsp3) is 0.156. The molecular weight excluding hydrogens is 1750 g/mol. The highest BCUT2D eigenvalue weighted by molar-refractivity contribution is 9.10. The Labute approximate surface area is 820 Å². The topological polar surface area (TPSA) is 49.9 Å². The monoisotopic (exact) mass is 1850 g/mol. The summed E-state index contributed by atoms with van der Waals surface area (Å²) in [6, 6.07) is 133. The first-order valence-electron chi connectivity index (χ1n) is 48.2. The van der Waals surface area contributed by atoms with Crippen molar-refractivity contribution in [2.75, 3.05) is 19.6 Å². The van der Waals surface area contributed by atoms with E-state index in [0.717, 1.165) is 113 Å². The van der Waals surface area contributed by atoms with Crippen LogP contribution in [-0.2, 0) is 21.7 Å². The van der Waals surface area contributed by atoms with Gasteiger partial charge in [-0.2, -0.15) is 0 Å². The van der Waals surface area contributed by atoms with E-state index >= 15 is 0 Å². The molecule has 0 atom stereocenters. The summed E-state index contributed by atoms with van der Waals surface area (Å²) in [5.74, 6) is 6.41. The molecule has 2 heterocycles. The highest BCUT2D eigenvalue weighted by atomic mass is 79.9. The summed E-state index contributed by atoms with van der Waals surface area (Å²) in [4.78, 5) is 9.47. The third-order valence-electron chi connectivity index (χ3n) is 30.0. The maximum absolute atomic E-state index is 6.96. The second-order valence-corrected chi connectivity index (χ2v) is 41.6. The van der Waals surface area contributed by atoms with Gasteiger partial charge < -0.3 is 38.5 Å². The minimum atomic E-state index is -0.278. The molecule has 138 heavy (non-hydrogen) atoms. The van der Waals surface area contributed by atoms with Gasteiger partial charge >= 0.3 is 0 Å². The largest absolute Gasteiger partial charge is 0.458 e. The summed E-state index contributed by atoms with van der Waals surface area (Å²) in [5.41, 5.74) is 46.2. The van der Waals surface area contributed by atoms with Crippen molar-refractivity contribution in [1.82, 2.24) is 0 Å². The van der Waals surface area contributed by atoms with Crippen LogP contribution in [0.15, 0.2) is 368 Å². The number of aryl methyl sites for hydroxylation is 8. The van der Waals surface area contributed by atoms with Crippen LogP contribution in [0.3, 0.4) is 0 Å². The van der Waals surface area contributed by atoms with Crippen molar-refractivity contribution >= 4 is 107 Å². The Morgan fingerprint density at radius 3 is 0.703 bits per heavy atom. The molecule has 8 nitrogen and oxygen atoms in total. The third kappa shape index (κ3) is 14.8. The number of rotatable bonds is 16. The predicted octanol–water partition coefficient (Wildman–Crippen LogP) is 34.0. The van der Waals surface area contributed by atoms with E-state index in [0.29, 0.717) is 11.5 Å². The first kappa shape index (κ1) is 87.0. The van der Waals surface area contributed by atoms with Gasteiger partial charge in [0.25, 0.3) is 6.71 Å². The van der Waals surface area contributed by atoms with Crippen molar-refractivity contribution in [1.29, 1.82) is 0 Å². The van der Waals surface area contributed by atoms with Gasteiger partial charge in [-0.15, -0.1) is 0 Å².